The molecule has 2 aromatic heterocycles. The lowest BCUT2D eigenvalue weighted by Gasteiger charge is -2.24. The van der Waals surface area contributed by atoms with Crippen molar-refractivity contribution in [3.63, 3.8) is 0 Å². The molecule has 1 aliphatic rings. The maximum atomic E-state index is 13.8. The Balaban J connectivity index is 1.59. The Kier molecular flexibility index (Phi) is 4.42. The number of aromatic amines is 1. The number of hydrogen-bond acceptors (Lipinski definition) is 4. The van der Waals surface area contributed by atoms with E-state index in [9.17, 15) is 9.18 Å². The highest BCUT2D eigenvalue weighted by Crippen LogP contribution is 2.22. The number of likely N-dealkylation sites (tertiary alicyclic amines) is 1. The smallest absolute Gasteiger partial charge is 0.269 e. The average Bonchev–Trinajstić information content (AvgIpc) is 3.19. The number of nitrogens with zero attached hydrogens (tertiary/aromatic N) is 4. The van der Waals surface area contributed by atoms with Crippen molar-refractivity contribution in [1.29, 1.82) is 0 Å². The van der Waals surface area contributed by atoms with E-state index < -0.39 is 6.17 Å². The van der Waals surface area contributed by atoms with Gasteiger partial charge in [-0.25, -0.2) is 9.37 Å². The van der Waals surface area contributed by atoms with Crippen LogP contribution in [0.4, 0.5) is 4.39 Å². The highest BCUT2D eigenvalue weighted by molar-refractivity contribution is 5.92. The van der Waals surface area contributed by atoms with Crippen LogP contribution >= 0.6 is 0 Å². The number of carbonyl (C=O) groups excluding carboxylic acids is 1. The summed E-state index contributed by atoms with van der Waals surface area (Å²) in [5.41, 5.74) is 1.45. The van der Waals surface area contributed by atoms with Gasteiger partial charge in [0.15, 0.2) is 0 Å². The van der Waals surface area contributed by atoms with Crippen molar-refractivity contribution >= 4 is 5.91 Å². The van der Waals surface area contributed by atoms with E-state index in [1.165, 1.54) is 6.20 Å². The molecule has 0 bridgehead atoms. The summed E-state index contributed by atoms with van der Waals surface area (Å²) in [6.45, 7) is 3.21. The zero-order valence-electron chi connectivity index (χ0n) is 13.3. The molecular weight excluding hydrogens is 299 g/mol. The van der Waals surface area contributed by atoms with Crippen LogP contribution in [-0.4, -0.2) is 55.9 Å². The quantitative estimate of drug-likeness (QED) is 0.854. The molecule has 1 saturated heterocycles. The monoisotopic (exact) mass is 320 g/mol. The Morgan fingerprint density at radius 3 is 3.04 bits per heavy atom. The third kappa shape index (κ3) is 3.58. The van der Waals surface area contributed by atoms with E-state index in [1.54, 1.807) is 17.8 Å². The highest BCUT2D eigenvalue weighted by Gasteiger charge is 2.32. The Hall–Kier alpha value is -2.22. The first kappa shape index (κ1) is 15.7. The Morgan fingerprint density at radius 1 is 1.57 bits per heavy atom. The van der Waals surface area contributed by atoms with Crippen molar-refractivity contribution in [2.24, 2.45) is 7.05 Å². The molecule has 0 radical (unpaired) electrons. The molecule has 3 heterocycles. The van der Waals surface area contributed by atoms with Crippen molar-refractivity contribution in [1.82, 2.24) is 30.0 Å². The molecule has 7 nitrogen and oxygen atoms in total. The lowest BCUT2D eigenvalue weighted by molar-refractivity contribution is 0.0935. The predicted molar refractivity (Wildman–Crippen MR) is 82.6 cm³/mol. The highest BCUT2D eigenvalue weighted by atomic mass is 19.1. The number of H-pyrrole nitrogens is 1. The summed E-state index contributed by atoms with van der Waals surface area (Å²) >= 11 is 0. The summed E-state index contributed by atoms with van der Waals surface area (Å²) in [7, 11) is 1.87. The molecule has 0 aliphatic carbocycles. The molecule has 23 heavy (non-hydrogen) atoms. The van der Waals surface area contributed by atoms with Crippen LogP contribution in [0.3, 0.4) is 0 Å². The first-order chi connectivity index (χ1) is 11.0. The van der Waals surface area contributed by atoms with Crippen LogP contribution in [0.5, 0.6) is 0 Å². The molecule has 1 amide bonds. The Labute approximate surface area is 133 Å². The third-order valence-corrected chi connectivity index (χ3v) is 4.21. The fourth-order valence-corrected chi connectivity index (χ4v) is 2.93. The van der Waals surface area contributed by atoms with Gasteiger partial charge in [-0.1, -0.05) is 0 Å². The van der Waals surface area contributed by atoms with Gasteiger partial charge in [0.05, 0.1) is 11.9 Å². The molecule has 1 fully saturated rings. The molecule has 8 heteroatoms. The van der Waals surface area contributed by atoms with Crippen molar-refractivity contribution < 1.29 is 9.18 Å². The van der Waals surface area contributed by atoms with Gasteiger partial charge in [0.1, 0.15) is 17.7 Å². The molecule has 2 N–H and O–H groups in total. The number of aryl methyl sites for hydroxylation is 2. The number of halogens is 1. The Bertz CT molecular complexity index is 681. The fourth-order valence-electron chi connectivity index (χ4n) is 2.93. The largest absolute Gasteiger partial charge is 0.349 e. The topological polar surface area (TPSA) is 78.8 Å². The standard InChI is InChI=1S/C15H21FN6O/c1-10-17-7-14(20-10)15(23)18-6-13-5-11(16)8-22(13)9-12-3-4-19-21(12)2/h3-4,7,11,13H,5-6,8-9H2,1-2H3,(H,17,20)(H,18,23)/t11-,13-/m0/s1. The molecule has 1 aliphatic heterocycles. The third-order valence-electron chi connectivity index (χ3n) is 4.21. The summed E-state index contributed by atoms with van der Waals surface area (Å²) in [6.07, 6.45) is 2.81. The molecule has 2 atom stereocenters. The van der Waals surface area contributed by atoms with Crippen molar-refractivity contribution in [2.45, 2.75) is 32.1 Å². The van der Waals surface area contributed by atoms with Crippen LogP contribution in [0.25, 0.3) is 0 Å². The molecular formula is C15H21FN6O. The number of rotatable bonds is 5. The van der Waals surface area contributed by atoms with Gasteiger partial charge >= 0.3 is 0 Å². The summed E-state index contributed by atoms with van der Waals surface area (Å²) in [5, 5.41) is 6.99. The van der Waals surface area contributed by atoms with E-state index in [2.05, 4.69) is 25.3 Å². The zero-order chi connectivity index (χ0) is 16.4. The van der Waals surface area contributed by atoms with E-state index in [0.717, 1.165) is 5.69 Å². The number of amides is 1. The molecule has 0 unspecified atom stereocenters. The van der Waals surface area contributed by atoms with Gasteiger partial charge in [-0.2, -0.15) is 5.10 Å². The minimum Gasteiger partial charge on any atom is -0.349 e. The van der Waals surface area contributed by atoms with Gasteiger partial charge in [-0.3, -0.25) is 14.4 Å². The van der Waals surface area contributed by atoms with Gasteiger partial charge in [0.25, 0.3) is 5.91 Å². The van der Waals surface area contributed by atoms with Gasteiger partial charge in [-0.05, 0) is 19.4 Å². The number of alkyl halides is 1. The van der Waals surface area contributed by atoms with Crippen LogP contribution in [-0.2, 0) is 13.6 Å². The maximum absolute atomic E-state index is 13.8. The molecule has 0 saturated carbocycles. The van der Waals surface area contributed by atoms with Crippen LogP contribution in [0.1, 0.15) is 28.4 Å². The summed E-state index contributed by atoms with van der Waals surface area (Å²) in [6, 6.07) is 1.90. The zero-order valence-corrected chi connectivity index (χ0v) is 13.3. The number of aromatic nitrogens is 4. The van der Waals surface area contributed by atoms with Gasteiger partial charge in [0, 0.05) is 38.9 Å². The average molecular weight is 320 g/mol. The Morgan fingerprint density at radius 2 is 2.39 bits per heavy atom. The fraction of sp³-hybridized carbons (Fsp3) is 0.533. The molecule has 0 aromatic carbocycles. The van der Waals surface area contributed by atoms with Gasteiger partial charge < -0.3 is 10.3 Å². The first-order valence-electron chi connectivity index (χ1n) is 7.67. The maximum Gasteiger partial charge on any atom is 0.269 e. The van der Waals surface area contributed by atoms with Gasteiger partial charge in [-0.15, -0.1) is 0 Å². The van der Waals surface area contributed by atoms with Crippen LogP contribution in [0.15, 0.2) is 18.5 Å². The first-order valence-corrected chi connectivity index (χ1v) is 7.67. The molecule has 0 spiro atoms. The van der Waals surface area contributed by atoms with E-state index in [0.29, 0.717) is 37.6 Å². The van der Waals surface area contributed by atoms with Crippen LogP contribution in [0.2, 0.25) is 0 Å². The normalized spacial score (nSPS) is 21.7. The van der Waals surface area contributed by atoms with Gasteiger partial charge in [0.2, 0.25) is 0 Å². The molecule has 3 rings (SSSR count). The number of imidazole rings is 1. The SMILES string of the molecule is Cc1ncc(C(=O)NC[C@@H]2C[C@H](F)CN2Cc2ccnn2C)[nH]1. The lowest BCUT2D eigenvalue weighted by Crippen LogP contribution is -2.40. The van der Waals surface area contributed by atoms with Crippen LogP contribution in [0, 0.1) is 6.92 Å². The van der Waals surface area contributed by atoms with Crippen molar-refractivity contribution in [3.05, 3.63) is 35.7 Å². The summed E-state index contributed by atoms with van der Waals surface area (Å²) < 4.78 is 15.6. The summed E-state index contributed by atoms with van der Waals surface area (Å²) in [5.74, 6) is 0.478. The van der Waals surface area contributed by atoms with E-state index in [-0.39, 0.29) is 11.9 Å². The number of nitrogens with one attached hydrogen (secondary N) is 2. The van der Waals surface area contributed by atoms with E-state index in [1.807, 2.05) is 13.1 Å². The second-order valence-corrected chi connectivity index (χ2v) is 5.95. The van der Waals surface area contributed by atoms with Crippen molar-refractivity contribution in [3.8, 4) is 0 Å². The summed E-state index contributed by atoms with van der Waals surface area (Å²) in [4.78, 5) is 21.0. The van der Waals surface area contributed by atoms with Crippen LogP contribution < -0.4 is 5.32 Å². The number of carbonyl (C=O) groups is 1. The molecule has 2 aromatic rings. The lowest BCUT2D eigenvalue weighted by atomic mass is 10.2. The van der Waals surface area contributed by atoms with E-state index >= 15 is 0 Å². The second-order valence-electron chi connectivity index (χ2n) is 5.95. The predicted octanol–water partition coefficient (Wildman–Crippen LogP) is 0.794. The van der Waals surface area contributed by atoms with E-state index in [4.69, 9.17) is 0 Å². The number of hydrogen-bond donors (Lipinski definition) is 2. The minimum atomic E-state index is -0.862. The molecule has 124 valence electrons. The van der Waals surface area contributed by atoms with Crippen molar-refractivity contribution in [2.75, 3.05) is 13.1 Å². The second kappa shape index (κ2) is 6.49. The minimum absolute atomic E-state index is 0.0205.